The normalized spacial score (nSPS) is 15.4. The van der Waals surface area contributed by atoms with Crippen LogP contribution in [-0.2, 0) is 4.74 Å². The minimum absolute atomic E-state index is 0.113. The molecule has 3 aromatic rings. The lowest BCUT2D eigenvalue weighted by Gasteiger charge is -2.26. The zero-order valence-corrected chi connectivity index (χ0v) is 13.7. The van der Waals surface area contributed by atoms with Gasteiger partial charge in [-0.05, 0) is 24.4 Å². The summed E-state index contributed by atoms with van der Waals surface area (Å²) in [5.41, 5.74) is 0.971. The molecule has 0 radical (unpaired) electrons. The third kappa shape index (κ3) is 2.30. The fraction of sp³-hybridized carbons (Fsp3) is 0.267. The summed E-state index contributed by atoms with van der Waals surface area (Å²) >= 11 is 6.66. The third-order valence-electron chi connectivity index (χ3n) is 3.92. The average molecular weight is 347 g/mol. The zero-order chi connectivity index (χ0) is 16.0. The molecule has 1 aromatic carbocycles. The molecule has 1 aliphatic heterocycles. The Labute approximate surface area is 139 Å². The van der Waals surface area contributed by atoms with E-state index in [0.717, 1.165) is 0 Å². The first kappa shape index (κ1) is 14.6. The smallest absolute Gasteiger partial charge is 0.267 e. The number of H-pyrrole nitrogens is 1. The lowest BCUT2D eigenvalue weighted by molar-refractivity contribution is 0.0307. The van der Waals surface area contributed by atoms with E-state index in [2.05, 4.69) is 4.98 Å². The summed E-state index contributed by atoms with van der Waals surface area (Å²) in [5, 5.41) is 0.555. The Bertz CT molecular complexity index is 1030. The van der Waals surface area contributed by atoms with Gasteiger partial charge in [-0.3, -0.25) is 14.0 Å². The van der Waals surface area contributed by atoms with Crippen molar-refractivity contribution in [3.8, 4) is 0 Å². The number of morpholine rings is 1. The minimum Gasteiger partial charge on any atom is -0.378 e. The number of fused-ring (bicyclic) bond motifs is 3. The number of aromatic nitrogens is 2. The number of carbonyl (C=O) groups excluding carboxylic acids is 1. The van der Waals surface area contributed by atoms with Gasteiger partial charge in [-0.1, -0.05) is 23.5 Å². The number of ether oxygens (including phenoxy) is 1. The molecule has 1 saturated heterocycles. The van der Waals surface area contributed by atoms with Crippen molar-refractivity contribution in [1.82, 2.24) is 14.3 Å². The molecule has 118 valence electrons. The van der Waals surface area contributed by atoms with Crippen LogP contribution in [0, 0.1) is 3.95 Å². The molecule has 0 unspecified atom stereocenters. The highest BCUT2D eigenvalue weighted by Crippen LogP contribution is 2.24. The number of nitrogens with zero attached hydrogens (tertiary/aromatic N) is 2. The van der Waals surface area contributed by atoms with Crippen LogP contribution in [0.25, 0.3) is 16.6 Å². The van der Waals surface area contributed by atoms with Gasteiger partial charge in [0.15, 0.2) is 3.95 Å². The van der Waals surface area contributed by atoms with Crippen molar-refractivity contribution in [2.45, 2.75) is 0 Å². The first-order valence-corrected chi connectivity index (χ1v) is 8.43. The topological polar surface area (TPSA) is 66.8 Å². The number of rotatable bonds is 1. The molecule has 1 aliphatic rings. The first-order chi connectivity index (χ1) is 11.2. The Morgan fingerprint density at radius 1 is 1.26 bits per heavy atom. The van der Waals surface area contributed by atoms with Gasteiger partial charge in [0.25, 0.3) is 11.5 Å². The van der Waals surface area contributed by atoms with Crippen LogP contribution in [0.4, 0.5) is 0 Å². The first-order valence-electron chi connectivity index (χ1n) is 7.20. The van der Waals surface area contributed by atoms with Gasteiger partial charge >= 0.3 is 0 Å². The van der Waals surface area contributed by atoms with Crippen molar-refractivity contribution in [2.75, 3.05) is 26.3 Å². The van der Waals surface area contributed by atoms with Gasteiger partial charge in [-0.25, -0.2) is 0 Å². The molecule has 1 N–H and O–H groups in total. The van der Waals surface area contributed by atoms with Crippen molar-refractivity contribution < 1.29 is 9.53 Å². The monoisotopic (exact) mass is 347 g/mol. The summed E-state index contributed by atoms with van der Waals surface area (Å²) in [7, 11) is 0. The number of hydrogen-bond donors (Lipinski definition) is 1. The Morgan fingerprint density at radius 2 is 2.00 bits per heavy atom. The van der Waals surface area contributed by atoms with Gasteiger partial charge in [0.05, 0.1) is 24.1 Å². The molecule has 0 saturated carbocycles. The maximum Gasteiger partial charge on any atom is 0.267 e. The molecule has 0 atom stereocenters. The molecule has 0 bridgehead atoms. The number of nitrogens with one attached hydrogen (secondary N) is 1. The average Bonchev–Trinajstić information content (AvgIpc) is 2.92. The molecule has 3 heterocycles. The van der Waals surface area contributed by atoms with Crippen LogP contribution in [0.3, 0.4) is 0 Å². The lowest BCUT2D eigenvalue weighted by Crippen LogP contribution is -2.40. The highest BCUT2D eigenvalue weighted by atomic mass is 32.1. The highest BCUT2D eigenvalue weighted by molar-refractivity contribution is 7.73. The highest BCUT2D eigenvalue weighted by Gasteiger charge is 2.24. The molecule has 0 aliphatic carbocycles. The van der Waals surface area contributed by atoms with Crippen molar-refractivity contribution in [3.05, 3.63) is 43.5 Å². The molecule has 1 amide bonds. The molecule has 2 aromatic heterocycles. The predicted molar refractivity (Wildman–Crippen MR) is 91.0 cm³/mol. The van der Waals surface area contributed by atoms with Crippen molar-refractivity contribution in [1.29, 1.82) is 0 Å². The van der Waals surface area contributed by atoms with E-state index in [9.17, 15) is 9.59 Å². The molecule has 6 nitrogen and oxygen atoms in total. The number of benzene rings is 1. The van der Waals surface area contributed by atoms with E-state index in [1.165, 1.54) is 11.3 Å². The number of amides is 1. The van der Waals surface area contributed by atoms with E-state index in [1.807, 2.05) is 12.1 Å². The second-order valence-corrected chi connectivity index (χ2v) is 6.90. The molecule has 8 heteroatoms. The standard InChI is InChI=1S/C15H13N3O3S2/c19-13-9-3-1-2-4-10(9)18-12(16-13)11(23-15(18)22)14(20)17-5-7-21-8-6-17/h1-4H,5-8H2,(H,16,19). The molecular formula is C15H13N3O3S2. The predicted octanol–water partition coefficient (Wildman–Crippen LogP) is 2.04. The van der Waals surface area contributed by atoms with Crippen LogP contribution in [0.5, 0.6) is 0 Å². The molecule has 23 heavy (non-hydrogen) atoms. The summed E-state index contributed by atoms with van der Waals surface area (Å²) in [6.07, 6.45) is 0. The largest absolute Gasteiger partial charge is 0.378 e. The maximum absolute atomic E-state index is 12.8. The second-order valence-electron chi connectivity index (χ2n) is 5.26. The third-order valence-corrected chi connectivity index (χ3v) is 5.29. The van der Waals surface area contributed by atoms with E-state index in [1.54, 1.807) is 21.4 Å². The quantitative estimate of drug-likeness (QED) is 0.684. The fourth-order valence-electron chi connectivity index (χ4n) is 2.80. The number of aromatic amines is 1. The van der Waals surface area contributed by atoms with Gasteiger partial charge in [-0.15, -0.1) is 0 Å². The van der Waals surface area contributed by atoms with E-state index < -0.39 is 0 Å². The van der Waals surface area contributed by atoms with Crippen LogP contribution in [0.2, 0.25) is 0 Å². The van der Waals surface area contributed by atoms with Gasteiger partial charge in [-0.2, -0.15) is 0 Å². The Balaban J connectivity index is 1.97. The number of carbonyl (C=O) groups is 1. The van der Waals surface area contributed by atoms with Crippen LogP contribution < -0.4 is 5.56 Å². The fourth-order valence-corrected chi connectivity index (χ4v) is 4.15. The summed E-state index contributed by atoms with van der Waals surface area (Å²) in [4.78, 5) is 30.1. The molecule has 0 spiro atoms. The van der Waals surface area contributed by atoms with Crippen molar-refractivity contribution in [2.24, 2.45) is 0 Å². The van der Waals surface area contributed by atoms with Gasteiger partial charge in [0.2, 0.25) is 0 Å². The molecule has 1 fully saturated rings. The summed E-state index contributed by atoms with van der Waals surface area (Å²) in [6, 6.07) is 7.24. The van der Waals surface area contributed by atoms with E-state index in [4.69, 9.17) is 17.0 Å². The molecular weight excluding hydrogens is 334 g/mol. The van der Waals surface area contributed by atoms with Crippen LogP contribution >= 0.6 is 23.6 Å². The van der Waals surface area contributed by atoms with Crippen molar-refractivity contribution >= 4 is 46.0 Å². The Hall–Kier alpha value is -2.03. The minimum atomic E-state index is -0.218. The SMILES string of the molecule is O=C(c1sc(=S)n2c1[nH]c(=O)c1ccccc12)N1CCOCC1. The molecule has 4 rings (SSSR count). The van der Waals surface area contributed by atoms with Gasteiger partial charge < -0.3 is 14.6 Å². The summed E-state index contributed by atoms with van der Waals surface area (Å²) < 4.78 is 7.59. The maximum atomic E-state index is 12.8. The van der Waals surface area contributed by atoms with Gasteiger partial charge in [0.1, 0.15) is 10.5 Å². The summed E-state index contributed by atoms with van der Waals surface area (Å²) in [5.74, 6) is -0.113. The number of hydrogen-bond acceptors (Lipinski definition) is 5. The zero-order valence-electron chi connectivity index (χ0n) is 12.1. The summed E-state index contributed by atoms with van der Waals surface area (Å²) in [6.45, 7) is 2.16. The van der Waals surface area contributed by atoms with Crippen LogP contribution in [-0.4, -0.2) is 46.5 Å². The van der Waals surface area contributed by atoms with E-state index in [0.29, 0.717) is 51.7 Å². The van der Waals surface area contributed by atoms with Crippen LogP contribution in [0.1, 0.15) is 9.67 Å². The Morgan fingerprint density at radius 3 is 2.78 bits per heavy atom. The lowest BCUT2D eigenvalue weighted by atomic mass is 10.2. The second kappa shape index (κ2) is 5.55. The van der Waals surface area contributed by atoms with E-state index >= 15 is 0 Å². The Kier molecular flexibility index (Phi) is 3.51. The van der Waals surface area contributed by atoms with Gasteiger partial charge in [0, 0.05) is 13.1 Å². The number of para-hydroxylation sites is 1. The van der Waals surface area contributed by atoms with E-state index in [-0.39, 0.29) is 11.5 Å². The van der Waals surface area contributed by atoms with Crippen molar-refractivity contribution in [3.63, 3.8) is 0 Å². The van der Waals surface area contributed by atoms with Crippen LogP contribution in [0.15, 0.2) is 29.1 Å². The number of thiazole rings is 1.